The molecule has 0 aromatic heterocycles. The first-order valence-electron chi connectivity index (χ1n) is 4.19. The second-order valence-corrected chi connectivity index (χ2v) is 2.93. The maximum absolute atomic E-state index is 12.6. The molecule has 0 aliphatic heterocycles. The van der Waals surface area contributed by atoms with Crippen LogP contribution in [0.5, 0.6) is 0 Å². The normalized spacial score (nSPS) is 9.13. The van der Waals surface area contributed by atoms with Crippen LogP contribution < -0.4 is 4.90 Å². The Morgan fingerprint density at radius 3 is 2.80 bits per heavy atom. The quantitative estimate of drug-likeness (QED) is 0.691. The molecule has 1 aromatic rings. The molecule has 1 aromatic carbocycles. The number of carbonyl (C=O) groups excluding carboxylic acids is 1. The van der Waals surface area contributed by atoms with Crippen LogP contribution >= 0.6 is 0 Å². The maximum Gasteiger partial charge on any atom is 0.286 e. The van der Waals surface area contributed by atoms with E-state index < -0.39 is 11.7 Å². The summed E-state index contributed by atoms with van der Waals surface area (Å²) in [6, 6.07) is 8.28. The lowest BCUT2D eigenvalue weighted by Gasteiger charge is -2.15. The molecule has 1 rings (SSSR count). The van der Waals surface area contributed by atoms with Crippen LogP contribution in [0.4, 0.5) is 10.1 Å². The fourth-order valence-electron chi connectivity index (χ4n) is 1.08. The topological polar surface area (TPSA) is 44.1 Å². The smallest absolute Gasteiger partial charge is 0.286 e. The van der Waals surface area contributed by atoms with E-state index in [0.717, 1.165) is 4.90 Å². The molecule has 0 N–H and O–H groups in total. The van der Waals surface area contributed by atoms with Crippen molar-refractivity contribution in [3.63, 3.8) is 0 Å². The van der Waals surface area contributed by atoms with Crippen molar-refractivity contribution < 1.29 is 9.18 Å². The van der Waals surface area contributed by atoms with Crippen LogP contribution in [-0.2, 0) is 4.79 Å². The zero-order chi connectivity index (χ0) is 11.4. The van der Waals surface area contributed by atoms with Gasteiger partial charge in [-0.2, -0.15) is 5.26 Å². The lowest BCUT2D eigenvalue weighted by atomic mass is 10.2. The zero-order valence-electron chi connectivity index (χ0n) is 8.20. The van der Waals surface area contributed by atoms with E-state index in [1.54, 1.807) is 18.2 Å². The van der Waals surface area contributed by atoms with Crippen molar-refractivity contribution in [3.8, 4) is 6.07 Å². The molecule has 0 atom stereocenters. The van der Waals surface area contributed by atoms with Gasteiger partial charge in [-0.1, -0.05) is 12.6 Å². The molecule has 76 valence electrons. The molecule has 0 fully saturated rings. The van der Waals surface area contributed by atoms with Gasteiger partial charge in [0.1, 0.15) is 0 Å². The third-order valence-electron chi connectivity index (χ3n) is 1.90. The lowest BCUT2D eigenvalue weighted by Crippen LogP contribution is -2.26. The Bertz CT molecular complexity index is 448. The lowest BCUT2D eigenvalue weighted by molar-refractivity contribution is -0.116. The van der Waals surface area contributed by atoms with E-state index in [1.165, 1.54) is 13.1 Å². The number of carbonyl (C=O) groups is 1. The summed E-state index contributed by atoms with van der Waals surface area (Å²) in [5.74, 6) is -1.84. The number of rotatable bonds is 2. The van der Waals surface area contributed by atoms with Crippen molar-refractivity contribution in [3.05, 3.63) is 42.2 Å². The summed E-state index contributed by atoms with van der Waals surface area (Å²) in [6.07, 6.45) is 0. The van der Waals surface area contributed by atoms with Crippen molar-refractivity contribution in [2.45, 2.75) is 0 Å². The zero-order valence-corrected chi connectivity index (χ0v) is 8.20. The number of halogens is 1. The Hall–Kier alpha value is -2.15. The molecule has 0 unspecified atom stereocenters. The first-order valence-corrected chi connectivity index (χ1v) is 4.19. The van der Waals surface area contributed by atoms with Gasteiger partial charge < -0.3 is 4.90 Å². The van der Waals surface area contributed by atoms with Gasteiger partial charge in [0.2, 0.25) is 0 Å². The largest absolute Gasteiger partial charge is 0.309 e. The highest BCUT2D eigenvalue weighted by atomic mass is 19.1. The van der Waals surface area contributed by atoms with Crippen molar-refractivity contribution in [1.82, 2.24) is 0 Å². The van der Waals surface area contributed by atoms with E-state index >= 15 is 0 Å². The molecule has 4 heteroatoms. The number of hydrogen-bond acceptors (Lipinski definition) is 2. The molecule has 15 heavy (non-hydrogen) atoms. The summed E-state index contributed by atoms with van der Waals surface area (Å²) in [5, 5.41) is 8.65. The molecule has 0 aliphatic carbocycles. The number of anilines is 1. The van der Waals surface area contributed by atoms with Crippen molar-refractivity contribution in [2.24, 2.45) is 0 Å². The van der Waals surface area contributed by atoms with Gasteiger partial charge in [0.25, 0.3) is 5.91 Å². The van der Waals surface area contributed by atoms with Crippen LogP contribution in [0.3, 0.4) is 0 Å². The van der Waals surface area contributed by atoms with E-state index in [2.05, 4.69) is 6.58 Å². The van der Waals surface area contributed by atoms with Gasteiger partial charge in [-0.25, -0.2) is 4.39 Å². The monoisotopic (exact) mass is 204 g/mol. The van der Waals surface area contributed by atoms with Crippen molar-refractivity contribution in [2.75, 3.05) is 11.9 Å². The Kier molecular flexibility index (Phi) is 3.19. The fraction of sp³-hybridized carbons (Fsp3) is 0.0909. The van der Waals surface area contributed by atoms with Gasteiger partial charge in [-0.05, 0) is 18.2 Å². The van der Waals surface area contributed by atoms with Crippen LogP contribution in [0.25, 0.3) is 0 Å². The first-order chi connectivity index (χ1) is 7.06. The molecule has 0 radical (unpaired) electrons. The van der Waals surface area contributed by atoms with E-state index in [1.807, 2.05) is 6.07 Å². The Balaban J connectivity index is 3.02. The molecule has 0 bridgehead atoms. The maximum atomic E-state index is 12.6. The standard InChI is InChI=1S/C11H9FN2O/c1-8(12)11(15)14(2)10-5-3-4-9(6-10)7-13/h3-6H,1H2,2H3. The molecule has 1 amide bonds. The fourth-order valence-corrected chi connectivity index (χ4v) is 1.08. The number of amides is 1. The van der Waals surface area contributed by atoms with Gasteiger partial charge in [0, 0.05) is 12.7 Å². The number of hydrogen-bond donors (Lipinski definition) is 0. The summed E-state index contributed by atoms with van der Waals surface area (Å²) in [4.78, 5) is 12.3. The second-order valence-electron chi connectivity index (χ2n) is 2.93. The molecule has 0 saturated heterocycles. The Labute approximate surface area is 87.0 Å². The molecule has 0 aliphatic rings. The van der Waals surface area contributed by atoms with Gasteiger partial charge in [0.05, 0.1) is 11.6 Å². The van der Waals surface area contributed by atoms with Crippen LogP contribution in [0, 0.1) is 11.3 Å². The highest BCUT2D eigenvalue weighted by Gasteiger charge is 2.14. The minimum Gasteiger partial charge on any atom is -0.309 e. The average Bonchev–Trinajstić information content (AvgIpc) is 2.27. The average molecular weight is 204 g/mol. The predicted octanol–water partition coefficient (Wildman–Crippen LogP) is 2.00. The van der Waals surface area contributed by atoms with Crippen LogP contribution in [0.2, 0.25) is 0 Å². The Morgan fingerprint density at radius 1 is 1.60 bits per heavy atom. The van der Waals surface area contributed by atoms with E-state index in [0.29, 0.717) is 11.3 Å². The number of nitrogens with zero attached hydrogens (tertiary/aromatic N) is 2. The molecule has 0 saturated carbocycles. The van der Waals surface area contributed by atoms with Crippen LogP contribution in [0.1, 0.15) is 5.56 Å². The summed E-state index contributed by atoms with van der Waals surface area (Å²) in [5.41, 5.74) is 0.870. The van der Waals surface area contributed by atoms with Gasteiger partial charge in [0.15, 0.2) is 5.83 Å². The number of likely N-dealkylation sites (N-methyl/N-ethyl adjacent to an activating group) is 1. The third kappa shape index (κ3) is 2.41. The van der Waals surface area contributed by atoms with E-state index in [4.69, 9.17) is 5.26 Å². The van der Waals surface area contributed by atoms with Gasteiger partial charge in [-0.3, -0.25) is 4.79 Å². The van der Waals surface area contributed by atoms with Crippen LogP contribution in [0.15, 0.2) is 36.7 Å². The predicted molar refractivity (Wildman–Crippen MR) is 54.8 cm³/mol. The summed E-state index contributed by atoms with van der Waals surface area (Å²) < 4.78 is 12.6. The van der Waals surface area contributed by atoms with Crippen LogP contribution in [-0.4, -0.2) is 13.0 Å². The molecular formula is C11H9FN2O. The minimum atomic E-state index is -1.03. The minimum absolute atomic E-state index is 0.414. The number of benzene rings is 1. The van der Waals surface area contributed by atoms with Gasteiger partial charge in [-0.15, -0.1) is 0 Å². The van der Waals surface area contributed by atoms with Crippen molar-refractivity contribution >= 4 is 11.6 Å². The summed E-state index contributed by atoms with van der Waals surface area (Å²) >= 11 is 0. The third-order valence-corrected chi connectivity index (χ3v) is 1.90. The second kappa shape index (κ2) is 4.38. The van der Waals surface area contributed by atoms with Gasteiger partial charge >= 0.3 is 0 Å². The first kappa shape index (κ1) is 10.9. The molecular weight excluding hydrogens is 195 g/mol. The molecule has 0 spiro atoms. The van der Waals surface area contributed by atoms with E-state index in [-0.39, 0.29) is 0 Å². The Morgan fingerprint density at radius 2 is 2.27 bits per heavy atom. The molecule has 0 heterocycles. The van der Waals surface area contributed by atoms with Crippen molar-refractivity contribution in [1.29, 1.82) is 5.26 Å². The highest BCUT2D eigenvalue weighted by molar-refractivity contribution is 6.03. The molecule has 3 nitrogen and oxygen atoms in total. The summed E-state index contributed by atoms with van der Waals surface area (Å²) in [7, 11) is 1.42. The number of nitriles is 1. The SMILES string of the molecule is C=C(F)C(=O)N(C)c1cccc(C#N)c1. The summed E-state index contributed by atoms with van der Waals surface area (Å²) in [6.45, 7) is 2.92. The van der Waals surface area contributed by atoms with E-state index in [9.17, 15) is 9.18 Å². The highest BCUT2D eigenvalue weighted by Crippen LogP contribution is 2.16.